The quantitative estimate of drug-likeness (QED) is 0.914. The maximum Gasteiger partial charge on any atom is 0.339 e. The highest BCUT2D eigenvalue weighted by Crippen LogP contribution is 2.24. The lowest BCUT2D eigenvalue weighted by molar-refractivity contribution is 0.0691. The highest BCUT2D eigenvalue weighted by Gasteiger charge is 2.13. The van der Waals surface area contributed by atoms with Crippen LogP contribution in [0.4, 0.5) is 0 Å². The van der Waals surface area contributed by atoms with Gasteiger partial charge in [-0.15, -0.1) is 0 Å². The Bertz CT molecular complexity index is 608. The number of hydrogen-bond donors (Lipinski definition) is 1. The summed E-state index contributed by atoms with van der Waals surface area (Å²) in [6.07, 6.45) is 1.70. The Hall–Kier alpha value is -2.36. The number of aryl methyl sites for hydroxylation is 2. The highest BCUT2D eigenvalue weighted by atomic mass is 16.5. The summed E-state index contributed by atoms with van der Waals surface area (Å²) in [6, 6.07) is 8.87. The van der Waals surface area contributed by atoms with E-state index in [1.165, 1.54) is 6.07 Å². The average Bonchev–Trinajstić information content (AvgIpc) is 2.38. The summed E-state index contributed by atoms with van der Waals surface area (Å²) in [4.78, 5) is 15.4. The van der Waals surface area contributed by atoms with Crippen LogP contribution in [-0.2, 0) is 6.61 Å². The van der Waals surface area contributed by atoms with E-state index >= 15 is 0 Å². The molecule has 0 fully saturated rings. The second-order valence-electron chi connectivity index (χ2n) is 4.31. The van der Waals surface area contributed by atoms with E-state index in [1.807, 2.05) is 32.0 Å². The maximum atomic E-state index is 11.2. The molecule has 2 aromatic rings. The predicted octanol–water partition coefficient (Wildman–Crippen LogP) is 2.98. The topological polar surface area (TPSA) is 59.4 Å². The Morgan fingerprint density at radius 3 is 2.63 bits per heavy atom. The summed E-state index contributed by atoms with van der Waals surface area (Å²) in [6.45, 7) is 4.03. The number of aromatic nitrogens is 1. The largest absolute Gasteiger partial charge is 0.486 e. The molecule has 19 heavy (non-hydrogen) atoms. The van der Waals surface area contributed by atoms with Crippen LogP contribution in [0.2, 0.25) is 0 Å². The number of carbonyl (C=O) groups is 1. The van der Waals surface area contributed by atoms with Crippen LogP contribution in [0, 0.1) is 13.8 Å². The van der Waals surface area contributed by atoms with E-state index in [0.29, 0.717) is 5.75 Å². The molecule has 1 aromatic heterocycles. The molecule has 0 saturated heterocycles. The summed E-state index contributed by atoms with van der Waals surface area (Å²) >= 11 is 0. The van der Waals surface area contributed by atoms with Gasteiger partial charge in [0, 0.05) is 6.20 Å². The molecule has 0 bridgehead atoms. The SMILES string of the molecule is Cc1cccnc1COc1c(C)cccc1C(=O)O. The number of hydrogen-bond acceptors (Lipinski definition) is 3. The average molecular weight is 257 g/mol. The zero-order valence-corrected chi connectivity index (χ0v) is 10.9. The van der Waals surface area contributed by atoms with Crippen molar-refractivity contribution in [3.8, 4) is 5.75 Å². The zero-order chi connectivity index (χ0) is 13.8. The number of para-hydroxylation sites is 1. The monoisotopic (exact) mass is 257 g/mol. The third-order valence-corrected chi connectivity index (χ3v) is 2.91. The van der Waals surface area contributed by atoms with Crippen LogP contribution in [0.25, 0.3) is 0 Å². The van der Waals surface area contributed by atoms with Crippen molar-refractivity contribution in [2.75, 3.05) is 0 Å². The van der Waals surface area contributed by atoms with Crippen molar-refractivity contribution in [1.29, 1.82) is 0 Å². The van der Waals surface area contributed by atoms with Gasteiger partial charge in [-0.1, -0.05) is 18.2 Å². The van der Waals surface area contributed by atoms with E-state index < -0.39 is 5.97 Å². The van der Waals surface area contributed by atoms with Gasteiger partial charge >= 0.3 is 5.97 Å². The number of nitrogens with zero attached hydrogens (tertiary/aromatic N) is 1. The number of ether oxygens (including phenoxy) is 1. The minimum Gasteiger partial charge on any atom is -0.486 e. The van der Waals surface area contributed by atoms with Crippen LogP contribution in [0.1, 0.15) is 27.2 Å². The van der Waals surface area contributed by atoms with Gasteiger partial charge in [-0.25, -0.2) is 4.79 Å². The van der Waals surface area contributed by atoms with Crippen LogP contribution < -0.4 is 4.74 Å². The van der Waals surface area contributed by atoms with E-state index in [4.69, 9.17) is 9.84 Å². The molecule has 4 nitrogen and oxygen atoms in total. The molecule has 0 spiro atoms. The molecule has 0 aliphatic carbocycles. The fourth-order valence-corrected chi connectivity index (χ4v) is 1.82. The van der Waals surface area contributed by atoms with E-state index in [-0.39, 0.29) is 12.2 Å². The number of pyridine rings is 1. The van der Waals surface area contributed by atoms with Crippen molar-refractivity contribution in [3.63, 3.8) is 0 Å². The van der Waals surface area contributed by atoms with Gasteiger partial charge in [0.15, 0.2) is 0 Å². The molecule has 98 valence electrons. The molecule has 0 saturated carbocycles. The van der Waals surface area contributed by atoms with E-state index in [0.717, 1.165) is 16.8 Å². The lowest BCUT2D eigenvalue weighted by Crippen LogP contribution is -2.06. The second-order valence-corrected chi connectivity index (χ2v) is 4.31. The van der Waals surface area contributed by atoms with Gasteiger partial charge < -0.3 is 9.84 Å². The lowest BCUT2D eigenvalue weighted by Gasteiger charge is -2.12. The number of carboxylic acid groups (broad SMARTS) is 1. The minimum absolute atomic E-state index is 0.175. The van der Waals surface area contributed by atoms with Crippen molar-refractivity contribution < 1.29 is 14.6 Å². The normalized spacial score (nSPS) is 10.2. The minimum atomic E-state index is -0.989. The van der Waals surface area contributed by atoms with Gasteiger partial charge in [-0.3, -0.25) is 4.98 Å². The summed E-state index contributed by atoms with van der Waals surface area (Å²) in [5.41, 5.74) is 2.80. The van der Waals surface area contributed by atoms with Crippen molar-refractivity contribution >= 4 is 5.97 Å². The van der Waals surface area contributed by atoms with Crippen molar-refractivity contribution in [1.82, 2.24) is 4.98 Å². The van der Waals surface area contributed by atoms with Gasteiger partial charge in [-0.2, -0.15) is 0 Å². The van der Waals surface area contributed by atoms with Gasteiger partial charge in [0.25, 0.3) is 0 Å². The first kappa shape index (κ1) is 13.1. The molecule has 0 aliphatic rings. The Morgan fingerprint density at radius 2 is 1.95 bits per heavy atom. The number of rotatable bonds is 4. The molecule has 4 heteroatoms. The summed E-state index contributed by atoms with van der Waals surface area (Å²) < 4.78 is 5.65. The summed E-state index contributed by atoms with van der Waals surface area (Å²) in [5, 5.41) is 9.15. The number of carboxylic acids is 1. The highest BCUT2D eigenvalue weighted by molar-refractivity contribution is 5.91. The first-order valence-corrected chi connectivity index (χ1v) is 5.96. The van der Waals surface area contributed by atoms with Crippen LogP contribution in [-0.4, -0.2) is 16.1 Å². The summed E-state index contributed by atoms with van der Waals surface area (Å²) in [5.74, 6) is -0.587. The standard InChI is InChI=1S/C15H15NO3/c1-10-6-4-8-16-13(10)9-19-14-11(2)5-3-7-12(14)15(17)18/h3-8H,9H2,1-2H3,(H,17,18). The zero-order valence-electron chi connectivity index (χ0n) is 10.9. The van der Waals surface area contributed by atoms with Gasteiger partial charge in [-0.05, 0) is 37.1 Å². The van der Waals surface area contributed by atoms with E-state index in [2.05, 4.69) is 4.98 Å². The van der Waals surface area contributed by atoms with Gasteiger partial charge in [0.1, 0.15) is 17.9 Å². The molecule has 1 N–H and O–H groups in total. The molecule has 1 heterocycles. The first-order chi connectivity index (χ1) is 9.09. The van der Waals surface area contributed by atoms with Crippen LogP contribution >= 0.6 is 0 Å². The lowest BCUT2D eigenvalue weighted by atomic mass is 10.1. The molecule has 0 unspecified atom stereocenters. The van der Waals surface area contributed by atoms with E-state index in [9.17, 15) is 4.79 Å². The third kappa shape index (κ3) is 2.91. The fourth-order valence-electron chi connectivity index (χ4n) is 1.82. The smallest absolute Gasteiger partial charge is 0.339 e. The van der Waals surface area contributed by atoms with Crippen molar-refractivity contribution in [3.05, 3.63) is 58.9 Å². The molecule has 0 atom stereocenters. The summed E-state index contributed by atoms with van der Waals surface area (Å²) in [7, 11) is 0. The molecular weight excluding hydrogens is 242 g/mol. The Kier molecular flexibility index (Phi) is 3.80. The molecule has 0 aliphatic heterocycles. The molecule has 0 amide bonds. The Morgan fingerprint density at radius 1 is 1.21 bits per heavy atom. The van der Waals surface area contributed by atoms with Crippen LogP contribution in [0.15, 0.2) is 36.5 Å². The van der Waals surface area contributed by atoms with Gasteiger partial charge in [0.05, 0.1) is 5.69 Å². The molecular formula is C15H15NO3. The maximum absolute atomic E-state index is 11.2. The fraction of sp³-hybridized carbons (Fsp3) is 0.200. The van der Waals surface area contributed by atoms with Crippen molar-refractivity contribution in [2.24, 2.45) is 0 Å². The van der Waals surface area contributed by atoms with E-state index in [1.54, 1.807) is 12.3 Å². The Balaban J connectivity index is 2.25. The molecule has 0 radical (unpaired) electrons. The number of aromatic carboxylic acids is 1. The molecule has 1 aromatic carbocycles. The first-order valence-electron chi connectivity index (χ1n) is 5.96. The molecule has 2 rings (SSSR count). The second kappa shape index (κ2) is 5.52. The van der Waals surface area contributed by atoms with Crippen molar-refractivity contribution in [2.45, 2.75) is 20.5 Å². The third-order valence-electron chi connectivity index (χ3n) is 2.91. The number of benzene rings is 1. The predicted molar refractivity (Wildman–Crippen MR) is 71.4 cm³/mol. The Labute approximate surface area is 111 Å². The van der Waals surface area contributed by atoms with Crippen LogP contribution in [0.5, 0.6) is 5.75 Å². The van der Waals surface area contributed by atoms with Crippen LogP contribution in [0.3, 0.4) is 0 Å². The van der Waals surface area contributed by atoms with Gasteiger partial charge in [0.2, 0.25) is 0 Å².